The van der Waals surface area contributed by atoms with Crippen LogP contribution in [0.4, 0.5) is 0 Å². The van der Waals surface area contributed by atoms with E-state index >= 15 is 0 Å². The van der Waals surface area contributed by atoms with Gasteiger partial charge in [0.05, 0.1) is 0 Å². The Morgan fingerprint density at radius 3 is 2.82 bits per heavy atom. The lowest BCUT2D eigenvalue weighted by atomic mass is 10.1. The molecule has 0 unspecified atom stereocenters. The summed E-state index contributed by atoms with van der Waals surface area (Å²) in [5, 5.41) is 4.29. The fraction of sp³-hybridized carbons (Fsp3) is 0.375. The quantitative estimate of drug-likeness (QED) is 0.880. The average Bonchev–Trinajstić information content (AvgIpc) is 3.03. The third-order valence-corrected chi connectivity index (χ3v) is 4.51. The van der Waals surface area contributed by atoms with Gasteiger partial charge < -0.3 is 10.2 Å². The Kier molecular flexibility index (Phi) is 4.49. The van der Waals surface area contributed by atoms with E-state index < -0.39 is 0 Å². The lowest BCUT2D eigenvalue weighted by Crippen LogP contribution is -2.51. The minimum atomic E-state index is 0.107. The third kappa shape index (κ3) is 3.03. The molecule has 1 fully saturated rings. The molecule has 1 aromatic heterocycles. The number of carbonyl (C=O) groups is 1. The molecule has 1 amide bonds. The molecule has 1 aromatic carbocycles. The van der Waals surface area contributed by atoms with Gasteiger partial charge in [-0.1, -0.05) is 11.8 Å². The zero-order valence-electron chi connectivity index (χ0n) is 12.8. The van der Waals surface area contributed by atoms with Gasteiger partial charge in [0.2, 0.25) is 0 Å². The second-order valence-corrected chi connectivity index (χ2v) is 6.21. The molecule has 22 heavy (non-hydrogen) atoms. The Balaban J connectivity index is 1.78. The minimum absolute atomic E-state index is 0.107. The van der Waals surface area contributed by atoms with E-state index in [1.165, 1.54) is 0 Å². The molecule has 0 radical (unpaired) electrons. The first-order valence-corrected chi connectivity index (χ1v) is 8.62. The van der Waals surface area contributed by atoms with Crippen molar-refractivity contribution >= 4 is 17.7 Å². The molecular weight excluding hydrogens is 296 g/mol. The maximum absolute atomic E-state index is 12.5. The number of piperazine rings is 1. The number of benzene rings is 1. The molecule has 1 N–H and O–H groups in total. The molecule has 6 heteroatoms. The van der Waals surface area contributed by atoms with Crippen LogP contribution in [0.2, 0.25) is 0 Å². The Morgan fingerprint density at radius 2 is 2.14 bits per heavy atom. The van der Waals surface area contributed by atoms with Gasteiger partial charge in [-0.25, -0.2) is 4.98 Å². The van der Waals surface area contributed by atoms with Gasteiger partial charge in [0.25, 0.3) is 5.91 Å². The number of rotatable bonds is 3. The zero-order chi connectivity index (χ0) is 15.5. The van der Waals surface area contributed by atoms with E-state index in [1.807, 2.05) is 46.2 Å². The highest BCUT2D eigenvalue weighted by Gasteiger charge is 2.21. The van der Waals surface area contributed by atoms with Crippen LogP contribution in [0.15, 0.2) is 41.8 Å². The first kappa shape index (κ1) is 15.1. The number of aromatic nitrogens is 2. The number of thioether (sulfide) groups is 1. The number of amides is 1. The summed E-state index contributed by atoms with van der Waals surface area (Å²) in [6.45, 7) is 4.49. The molecule has 2 aromatic rings. The number of nitrogens with zero attached hydrogens (tertiary/aromatic N) is 3. The molecule has 5 nitrogen and oxygen atoms in total. The fourth-order valence-corrected chi connectivity index (χ4v) is 3.23. The summed E-state index contributed by atoms with van der Waals surface area (Å²) in [5.41, 5.74) is 1.76. The molecule has 116 valence electrons. The van der Waals surface area contributed by atoms with Crippen molar-refractivity contribution in [3.63, 3.8) is 0 Å². The summed E-state index contributed by atoms with van der Waals surface area (Å²) in [6, 6.07) is 8.09. The van der Waals surface area contributed by atoms with Crippen LogP contribution >= 0.6 is 11.8 Å². The first-order valence-electron chi connectivity index (χ1n) is 7.39. The lowest BCUT2D eigenvalue weighted by molar-refractivity contribution is 0.0709. The van der Waals surface area contributed by atoms with E-state index in [9.17, 15) is 4.79 Å². The summed E-state index contributed by atoms with van der Waals surface area (Å²) in [4.78, 5) is 18.8. The molecule has 3 rings (SSSR count). The maximum Gasteiger partial charge on any atom is 0.253 e. The van der Waals surface area contributed by atoms with Gasteiger partial charge in [-0.05, 0) is 37.4 Å². The number of hydrogen-bond donors (Lipinski definition) is 1. The van der Waals surface area contributed by atoms with Gasteiger partial charge in [-0.2, -0.15) is 0 Å². The van der Waals surface area contributed by atoms with Crippen LogP contribution in [-0.2, 0) is 0 Å². The molecule has 0 bridgehead atoms. The Morgan fingerprint density at radius 1 is 1.36 bits per heavy atom. The molecule has 1 saturated heterocycles. The monoisotopic (exact) mass is 316 g/mol. The summed E-state index contributed by atoms with van der Waals surface area (Å²) in [7, 11) is 0. The van der Waals surface area contributed by atoms with Crippen LogP contribution in [0, 0.1) is 0 Å². The molecule has 2 heterocycles. The van der Waals surface area contributed by atoms with Crippen molar-refractivity contribution in [2.24, 2.45) is 0 Å². The van der Waals surface area contributed by atoms with E-state index in [1.54, 1.807) is 18.0 Å². The van der Waals surface area contributed by atoms with Crippen molar-refractivity contribution in [3.8, 4) is 5.69 Å². The zero-order valence-corrected chi connectivity index (χ0v) is 13.6. The molecular formula is C16H20N4OS. The fourth-order valence-electron chi connectivity index (χ4n) is 2.70. The van der Waals surface area contributed by atoms with Crippen LogP contribution in [0.25, 0.3) is 5.69 Å². The molecule has 0 aliphatic carbocycles. The van der Waals surface area contributed by atoms with Crippen molar-refractivity contribution in [1.29, 1.82) is 0 Å². The van der Waals surface area contributed by atoms with Crippen LogP contribution in [-0.4, -0.2) is 52.3 Å². The largest absolute Gasteiger partial charge is 0.336 e. The van der Waals surface area contributed by atoms with E-state index in [4.69, 9.17) is 0 Å². The summed E-state index contributed by atoms with van der Waals surface area (Å²) >= 11 is 1.60. The number of nitrogens with one attached hydrogen (secondary N) is 1. The van der Waals surface area contributed by atoms with Gasteiger partial charge in [-0.3, -0.25) is 9.36 Å². The number of imidazole rings is 1. The topological polar surface area (TPSA) is 50.2 Å². The number of carbonyl (C=O) groups excluding carboxylic acids is 1. The predicted molar refractivity (Wildman–Crippen MR) is 88.7 cm³/mol. The van der Waals surface area contributed by atoms with E-state index in [0.29, 0.717) is 6.04 Å². The Bertz CT molecular complexity index is 652. The molecule has 1 aliphatic heterocycles. The Labute approximate surface area is 134 Å². The normalized spacial score (nSPS) is 18.5. The summed E-state index contributed by atoms with van der Waals surface area (Å²) in [6.07, 6.45) is 5.72. The predicted octanol–water partition coefficient (Wildman–Crippen LogP) is 2.03. The average molecular weight is 316 g/mol. The van der Waals surface area contributed by atoms with Gasteiger partial charge >= 0.3 is 0 Å². The van der Waals surface area contributed by atoms with Crippen LogP contribution in [0.5, 0.6) is 0 Å². The van der Waals surface area contributed by atoms with Crippen LogP contribution < -0.4 is 5.32 Å². The third-order valence-electron chi connectivity index (χ3n) is 3.84. The highest BCUT2D eigenvalue weighted by molar-refractivity contribution is 7.98. The van der Waals surface area contributed by atoms with Crippen molar-refractivity contribution in [2.75, 3.05) is 25.9 Å². The highest BCUT2D eigenvalue weighted by Crippen LogP contribution is 2.19. The SMILES string of the molecule is CSc1nccn1-c1ccc(C(=O)N2CCN[C@H](C)C2)cc1. The smallest absolute Gasteiger partial charge is 0.253 e. The van der Waals surface area contributed by atoms with Crippen molar-refractivity contribution < 1.29 is 4.79 Å². The first-order chi connectivity index (χ1) is 10.7. The number of hydrogen-bond acceptors (Lipinski definition) is 4. The van der Waals surface area contributed by atoms with E-state index in [-0.39, 0.29) is 5.91 Å². The molecule has 0 saturated carbocycles. The second-order valence-electron chi connectivity index (χ2n) is 5.44. The van der Waals surface area contributed by atoms with Gasteiger partial charge in [0, 0.05) is 49.3 Å². The molecule has 1 atom stereocenters. The van der Waals surface area contributed by atoms with Crippen LogP contribution in [0.1, 0.15) is 17.3 Å². The van der Waals surface area contributed by atoms with Gasteiger partial charge in [-0.15, -0.1) is 0 Å². The summed E-state index contributed by atoms with van der Waals surface area (Å²) < 4.78 is 2.02. The molecule has 0 spiro atoms. The molecule has 1 aliphatic rings. The lowest BCUT2D eigenvalue weighted by Gasteiger charge is -2.32. The minimum Gasteiger partial charge on any atom is -0.336 e. The Hall–Kier alpha value is -1.79. The summed E-state index contributed by atoms with van der Waals surface area (Å²) in [5.74, 6) is 0.107. The highest BCUT2D eigenvalue weighted by atomic mass is 32.2. The standard InChI is InChI=1S/C16H20N4OS/c1-12-11-19(9-7-17-12)15(21)13-3-5-14(6-4-13)20-10-8-18-16(20)22-2/h3-6,8,10,12,17H,7,9,11H2,1-2H3/t12-/m1/s1. The van der Waals surface area contributed by atoms with Gasteiger partial charge in [0.15, 0.2) is 5.16 Å². The van der Waals surface area contributed by atoms with E-state index in [0.717, 1.165) is 36.0 Å². The maximum atomic E-state index is 12.5. The van der Waals surface area contributed by atoms with Crippen molar-refractivity contribution in [1.82, 2.24) is 19.8 Å². The van der Waals surface area contributed by atoms with Gasteiger partial charge in [0.1, 0.15) is 0 Å². The second kappa shape index (κ2) is 6.54. The van der Waals surface area contributed by atoms with Crippen LogP contribution in [0.3, 0.4) is 0 Å². The van der Waals surface area contributed by atoms with Crippen molar-refractivity contribution in [3.05, 3.63) is 42.2 Å². The van der Waals surface area contributed by atoms with Crippen molar-refractivity contribution in [2.45, 2.75) is 18.1 Å². The van der Waals surface area contributed by atoms with E-state index in [2.05, 4.69) is 17.2 Å².